The largest absolute Gasteiger partial charge is 0.383 e. The molecule has 0 saturated carbocycles. The summed E-state index contributed by atoms with van der Waals surface area (Å²) in [6.07, 6.45) is 1.97. The molecule has 0 spiro atoms. The van der Waals surface area contributed by atoms with E-state index in [4.69, 9.17) is 22.1 Å². The van der Waals surface area contributed by atoms with Crippen molar-refractivity contribution >= 4 is 36.5 Å². The first-order valence-electron chi connectivity index (χ1n) is 6.64. The maximum absolute atomic E-state index is 5.90. The van der Waals surface area contributed by atoms with Crippen molar-refractivity contribution in [2.75, 3.05) is 12.3 Å². The third-order valence-electron chi connectivity index (χ3n) is 3.13. The van der Waals surface area contributed by atoms with Gasteiger partial charge in [-0.05, 0) is 30.1 Å². The van der Waals surface area contributed by atoms with E-state index in [1.807, 2.05) is 17.7 Å². The molecule has 2 N–H and O–H groups in total. The molecule has 20 heavy (non-hydrogen) atoms. The average molecular weight is 313 g/mol. The van der Waals surface area contributed by atoms with Crippen LogP contribution in [0.25, 0.3) is 11.0 Å². The number of halogens is 1. The fourth-order valence-electron chi connectivity index (χ4n) is 2.02. The molecule has 2 heterocycles. The maximum atomic E-state index is 5.90. The third-order valence-corrected chi connectivity index (χ3v) is 5.01. The van der Waals surface area contributed by atoms with E-state index in [1.54, 1.807) is 0 Å². The Morgan fingerprint density at radius 1 is 1.35 bits per heavy atom. The van der Waals surface area contributed by atoms with Crippen LogP contribution in [0.15, 0.2) is 6.20 Å². The molecule has 0 aliphatic rings. The number of hydrogen-bond acceptors (Lipinski definition) is 4. The normalized spacial score (nSPS) is 12.2. The molecule has 0 radical (unpaired) electrons. The van der Waals surface area contributed by atoms with Gasteiger partial charge in [0.1, 0.15) is 18.2 Å². The topological polar surface area (TPSA) is 66.0 Å². The first-order valence-corrected chi connectivity index (χ1v) is 10.7. The zero-order valence-corrected chi connectivity index (χ0v) is 14.2. The maximum Gasteiger partial charge on any atom is 0.226 e. The second-order valence-electron chi connectivity index (χ2n) is 6.21. The standard InChI is InChI=1S/C13H21ClN4OSi/c1-9-7-18(8-19-5-6-20(2,3)4)12-10(9)11(15)16-13(14)17-12/h7H,5-6,8H2,1-4H3,(H2,15,16,17). The fraction of sp³-hybridized carbons (Fsp3) is 0.538. The van der Waals surface area contributed by atoms with Crippen molar-refractivity contribution in [2.24, 2.45) is 0 Å². The first-order chi connectivity index (χ1) is 9.28. The van der Waals surface area contributed by atoms with Gasteiger partial charge < -0.3 is 15.0 Å². The van der Waals surface area contributed by atoms with Crippen molar-refractivity contribution < 1.29 is 4.74 Å². The molecule has 0 aliphatic heterocycles. The van der Waals surface area contributed by atoms with Gasteiger partial charge in [-0.15, -0.1) is 0 Å². The van der Waals surface area contributed by atoms with Gasteiger partial charge in [-0.1, -0.05) is 19.6 Å². The highest BCUT2D eigenvalue weighted by Gasteiger charge is 2.14. The van der Waals surface area contributed by atoms with Gasteiger partial charge in [-0.2, -0.15) is 4.98 Å². The molecule has 7 heteroatoms. The van der Waals surface area contributed by atoms with E-state index in [9.17, 15) is 0 Å². The van der Waals surface area contributed by atoms with E-state index in [0.29, 0.717) is 12.5 Å². The molecule has 0 bridgehead atoms. The number of aromatic nitrogens is 3. The zero-order chi connectivity index (χ0) is 14.9. The molecule has 0 amide bonds. The van der Waals surface area contributed by atoms with Gasteiger partial charge in [0, 0.05) is 20.9 Å². The van der Waals surface area contributed by atoms with E-state index in [1.165, 1.54) is 0 Å². The SMILES string of the molecule is Cc1cn(COCC[Si](C)(C)C)c2nc(Cl)nc(N)c12. The highest BCUT2D eigenvalue weighted by Crippen LogP contribution is 2.25. The van der Waals surface area contributed by atoms with Crippen molar-refractivity contribution in [3.8, 4) is 0 Å². The number of fused-ring (bicyclic) bond motifs is 1. The molecule has 2 aromatic heterocycles. The predicted octanol–water partition coefficient (Wildman–Crippen LogP) is 3.29. The number of hydrogen-bond donors (Lipinski definition) is 1. The molecule has 0 fully saturated rings. The molecule has 0 unspecified atom stereocenters. The Morgan fingerprint density at radius 2 is 2.05 bits per heavy atom. The van der Waals surface area contributed by atoms with Crippen LogP contribution in [-0.4, -0.2) is 29.2 Å². The van der Waals surface area contributed by atoms with Crippen molar-refractivity contribution in [2.45, 2.75) is 39.3 Å². The average Bonchev–Trinajstić information content (AvgIpc) is 2.60. The van der Waals surface area contributed by atoms with Gasteiger partial charge in [0.15, 0.2) is 0 Å². The van der Waals surface area contributed by atoms with E-state index in [0.717, 1.165) is 29.2 Å². The Morgan fingerprint density at radius 3 is 2.70 bits per heavy atom. The van der Waals surface area contributed by atoms with Gasteiger partial charge in [0.05, 0.1) is 5.39 Å². The predicted molar refractivity (Wildman–Crippen MR) is 85.8 cm³/mol. The number of ether oxygens (including phenoxy) is 1. The number of aryl methyl sites for hydroxylation is 1. The zero-order valence-electron chi connectivity index (χ0n) is 12.4. The van der Waals surface area contributed by atoms with Crippen LogP contribution in [0.5, 0.6) is 0 Å². The number of nitrogen functional groups attached to an aromatic ring is 1. The summed E-state index contributed by atoms with van der Waals surface area (Å²) in [5, 5.41) is 1.01. The summed E-state index contributed by atoms with van der Waals surface area (Å²) in [6, 6.07) is 1.14. The van der Waals surface area contributed by atoms with Crippen LogP contribution in [0.2, 0.25) is 31.0 Å². The molecule has 0 aromatic carbocycles. The Hall–Kier alpha value is -1.11. The summed E-state index contributed by atoms with van der Waals surface area (Å²) >= 11 is 5.88. The van der Waals surface area contributed by atoms with Gasteiger partial charge in [-0.3, -0.25) is 0 Å². The summed E-state index contributed by atoms with van der Waals surface area (Å²) in [5.74, 6) is 0.415. The number of anilines is 1. The van der Waals surface area contributed by atoms with E-state index in [2.05, 4.69) is 29.6 Å². The monoisotopic (exact) mass is 312 g/mol. The summed E-state index contributed by atoms with van der Waals surface area (Å²) < 4.78 is 7.68. The smallest absolute Gasteiger partial charge is 0.226 e. The molecular formula is C13H21ClN4OSi. The molecule has 0 atom stereocenters. The molecule has 110 valence electrons. The molecule has 0 aliphatic carbocycles. The Labute approximate surface area is 125 Å². The summed E-state index contributed by atoms with van der Waals surface area (Å²) in [5.41, 5.74) is 7.66. The molecular weight excluding hydrogens is 292 g/mol. The van der Waals surface area contributed by atoms with Crippen molar-refractivity contribution in [1.82, 2.24) is 14.5 Å². The second kappa shape index (κ2) is 5.71. The van der Waals surface area contributed by atoms with Gasteiger partial charge in [0.2, 0.25) is 5.28 Å². The van der Waals surface area contributed by atoms with E-state index in [-0.39, 0.29) is 5.28 Å². The van der Waals surface area contributed by atoms with Crippen molar-refractivity contribution in [3.05, 3.63) is 17.0 Å². The highest BCUT2D eigenvalue weighted by atomic mass is 35.5. The minimum absolute atomic E-state index is 0.163. The van der Waals surface area contributed by atoms with Crippen LogP contribution in [0.1, 0.15) is 5.56 Å². The number of rotatable bonds is 5. The molecule has 2 aromatic rings. The fourth-order valence-corrected chi connectivity index (χ4v) is 2.95. The van der Waals surface area contributed by atoms with Crippen molar-refractivity contribution in [1.29, 1.82) is 0 Å². The first kappa shape index (κ1) is 15.3. The Bertz CT molecular complexity index is 621. The van der Waals surface area contributed by atoms with E-state index < -0.39 is 8.07 Å². The lowest BCUT2D eigenvalue weighted by Crippen LogP contribution is -2.22. The summed E-state index contributed by atoms with van der Waals surface area (Å²) in [7, 11) is -1.06. The quantitative estimate of drug-likeness (QED) is 0.522. The lowest BCUT2D eigenvalue weighted by Gasteiger charge is -2.15. The van der Waals surface area contributed by atoms with E-state index >= 15 is 0 Å². The van der Waals surface area contributed by atoms with Crippen molar-refractivity contribution in [3.63, 3.8) is 0 Å². The molecule has 5 nitrogen and oxygen atoms in total. The Balaban J connectivity index is 2.15. The Kier molecular flexibility index (Phi) is 4.36. The summed E-state index contributed by atoms with van der Waals surface area (Å²) in [6.45, 7) is 10.2. The molecule has 2 rings (SSSR count). The van der Waals surface area contributed by atoms with Crippen LogP contribution in [0.4, 0.5) is 5.82 Å². The van der Waals surface area contributed by atoms with Crippen LogP contribution >= 0.6 is 11.6 Å². The van der Waals surface area contributed by atoms with Crippen LogP contribution < -0.4 is 5.73 Å². The van der Waals surface area contributed by atoms with Gasteiger partial charge in [0.25, 0.3) is 0 Å². The summed E-state index contributed by atoms with van der Waals surface area (Å²) in [4.78, 5) is 8.24. The van der Waals surface area contributed by atoms with Gasteiger partial charge in [-0.25, -0.2) is 4.98 Å². The number of nitrogens with zero attached hydrogens (tertiary/aromatic N) is 3. The second-order valence-corrected chi connectivity index (χ2v) is 12.2. The lowest BCUT2D eigenvalue weighted by molar-refractivity contribution is 0.0898. The lowest BCUT2D eigenvalue weighted by atomic mass is 10.2. The minimum Gasteiger partial charge on any atom is -0.383 e. The van der Waals surface area contributed by atoms with Crippen LogP contribution in [0.3, 0.4) is 0 Å². The van der Waals surface area contributed by atoms with Crippen LogP contribution in [-0.2, 0) is 11.5 Å². The minimum atomic E-state index is -1.06. The van der Waals surface area contributed by atoms with Gasteiger partial charge >= 0.3 is 0 Å². The highest BCUT2D eigenvalue weighted by molar-refractivity contribution is 6.76. The van der Waals surface area contributed by atoms with Crippen LogP contribution in [0, 0.1) is 6.92 Å². The number of nitrogens with two attached hydrogens (primary N) is 1. The third kappa shape index (κ3) is 3.50. The molecule has 0 saturated heterocycles.